The molecule has 15 heavy (non-hydrogen) atoms. The summed E-state index contributed by atoms with van der Waals surface area (Å²) in [4.78, 5) is 4.09. The molecule has 1 saturated carbocycles. The first kappa shape index (κ1) is 10.6. The molecule has 1 aromatic rings. The number of nitrogens with zero attached hydrogens (tertiary/aromatic N) is 3. The Bertz CT molecular complexity index is 317. The van der Waals surface area contributed by atoms with E-state index in [-0.39, 0.29) is 5.54 Å². The van der Waals surface area contributed by atoms with Crippen LogP contribution in [-0.2, 0) is 18.4 Å². The minimum Gasteiger partial charge on any atom is -0.372 e. The first-order valence-electron chi connectivity index (χ1n) is 5.39. The monoisotopic (exact) mass is 210 g/mol. The average Bonchev–Trinajstić information content (AvgIpc) is 2.78. The Hall–Kier alpha value is -0.940. The number of hydrogen-bond acceptors (Lipinski definition) is 4. The molecule has 0 unspecified atom stereocenters. The van der Waals surface area contributed by atoms with Crippen molar-refractivity contribution in [3.8, 4) is 0 Å². The molecular formula is C10H18N4O. The largest absolute Gasteiger partial charge is 0.372 e. The molecule has 1 heterocycles. The predicted molar refractivity (Wildman–Crippen MR) is 56.0 cm³/mol. The van der Waals surface area contributed by atoms with Gasteiger partial charge in [-0.2, -0.15) is 5.10 Å². The molecule has 5 heteroatoms. The first-order chi connectivity index (χ1) is 7.20. The Morgan fingerprint density at radius 2 is 2.27 bits per heavy atom. The number of nitrogens with two attached hydrogens (primary N) is 1. The van der Waals surface area contributed by atoms with Crippen molar-refractivity contribution in [2.24, 2.45) is 12.8 Å². The molecule has 1 aromatic heterocycles. The summed E-state index contributed by atoms with van der Waals surface area (Å²) in [5, 5.41) is 3.98. The Labute approximate surface area is 89.6 Å². The van der Waals surface area contributed by atoms with Crippen molar-refractivity contribution in [1.29, 1.82) is 0 Å². The van der Waals surface area contributed by atoms with Crippen LogP contribution in [-0.4, -0.2) is 26.9 Å². The molecule has 1 fully saturated rings. The zero-order valence-corrected chi connectivity index (χ0v) is 9.15. The van der Waals surface area contributed by atoms with Gasteiger partial charge in [-0.25, -0.2) is 4.98 Å². The van der Waals surface area contributed by atoms with E-state index in [1.165, 1.54) is 19.2 Å². The third kappa shape index (κ3) is 2.54. The average molecular weight is 210 g/mol. The summed E-state index contributed by atoms with van der Waals surface area (Å²) in [6, 6.07) is 0. The van der Waals surface area contributed by atoms with E-state index in [4.69, 9.17) is 10.5 Å². The molecule has 1 aliphatic rings. The van der Waals surface area contributed by atoms with E-state index < -0.39 is 0 Å². The summed E-state index contributed by atoms with van der Waals surface area (Å²) in [6.45, 7) is 1.12. The van der Waals surface area contributed by atoms with Crippen molar-refractivity contribution >= 4 is 0 Å². The van der Waals surface area contributed by atoms with Crippen LogP contribution in [0.1, 0.15) is 31.5 Å². The fourth-order valence-electron chi connectivity index (χ4n) is 2.02. The fourth-order valence-corrected chi connectivity index (χ4v) is 2.02. The van der Waals surface area contributed by atoms with Crippen molar-refractivity contribution in [1.82, 2.24) is 14.8 Å². The van der Waals surface area contributed by atoms with E-state index >= 15 is 0 Å². The van der Waals surface area contributed by atoms with Crippen LogP contribution < -0.4 is 5.73 Å². The van der Waals surface area contributed by atoms with Gasteiger partial charge in [0, 0.05) is 12.6 Å². The highest BCUT2D eigenvalue weighted by Gasteiger charge is 2.29. The number of rotatable bonds is 4. The van der Waals surface area contributed by atoms with Crippen LogP contribution in [0.3, 0.4) is 0 Å². The lowest BCUT2D eigenvalue weighted by Crippen LogP contribution is -2.41. The zero-order chi connectivity index (χ0) is 10.7. The van der Waals surface area contributed by atoms with Crippen molar-refractivity contribution in [2.75, 3.05) is 6.61 Å². The lowest BCUT2D eigenvalue weighted by molar-refractivity contribution is 0.0693. The fraction of sp³-hybridized carbons (Fsp3) is 0.800. The van der Waals surface area contributed by atoms with Crippen LogP contribution in [0.2, 0.25) is 0 Å². The van der Waals surface area contributed by atoms with Gasteiger partial charge in [0.15, 0.2) is 5.82 Å². The van der Waals surface area contributed by atoms with E-state index in [1.54, 1.807) is 4.68 Å². The topological polar surface area (TPSA) is 66.0 Å². The summed E-state index contributed by atoms with van der Waals surface area (Å²) in [6.07, 6.45) is 6.14. The van der Waals surface area contributed by atoms with Crippen LogP contribution in [0.4, 0.5) is 0 Å². The third-order valence-corrected chi connectivity index (χ3v) is 3.03. The molecule has 0 amide bonds. The second kappa shape index (κ2) is 4.28. The van der Waals surface area contributed by atoms with Crippen LogP contribution in [0.15, 0.2) is 6.33 Å². The van der Waals surface area contributed by atoms with E-state index in [1.807, 2.05) is 7.05 Å². The van der Waals surface area contributed by atoms with Crippen molar-refractivity contribution in [3.63, 3.8) is 0 Å². The van der Waals surface area contributed by atoms with Crippen LogP contribution in [0.5, 0.6) is 0 Å². The molecule has 0 saturated heterocycles. The second-order valence-corrected chi connectivity index (χ2v) is 4.36. The molecule has 0 bridgehead atoms. The van der Waals surface area contributed by atoms with Gasteiger partial charge in [-0.3, -0.25) is 4.68 Å². The Morgan fingerprint density at radius 1 is 1.53 bits per heavy atom. The van der Waals surface area contributed by atoms with E-state index in [0.717, 1.165) is 18.7 Å². The van der Waals surface area contributed by atoms with E-state index in [9.17, 15) is 0 Å². The van der Waals surface area contributed by atoms with Crippen molar-refractivity contribution in [3.05, 3.63) is 12.2 Å². The minimum absolute atomic E-state index is 0.0986. The van der Waals surface area contributed by atoms with Gasteiger partial charge in [0.1, 0.15) is 12.9 Å². The predicted octanol–water partition coefficient (Wildman–Crippen LogP) is 0.603. The smallest absolute Gasteiger partial charge is 0.152 e. The Balaban J connectivity index is 1.77. The van der Waals surface area contributed by atoms with Crippen molar-refractivity contribution < 1.29 is 4.74 Å². The first-order valence-corrected chi connectivity index (χ1v) is 5.39. The van der Waals surface area contributed by atoms with Gasteiger partial charge < -0.3 is 10.5 Å². The molecule has 0 spiro atoms. The molecular weight excluding hydrogens is 192 g/mol. The van der Waals surface area contributed by atoms with Crippen LogP contribution >= 0.6 is 0 Å². The molecule has 1 aliphatic carbocycles. The molecule has 5 nitrogen and oxygen atoms in total. The maximum Gasteiger partial charge on any atom is 0.152 e. The summed E-state index contributed by atoms with van der Waals surface area (Å²) in [5.74, 6) is 0.844. The molecule has 0 aromatic carbocycles. The summed E-state index contributed by atoms with van der Waals surface area (Å²) >= 11 is 0. The van der Waals surface area contributed by atoms with Crippen molar-refractivity contribution in [2.45, 2.75) is 37.8 Å². The Kier molecular flexibility index (Phi) is 3.02. The SMILES string of the molecule is Cn1ncnc1COCC1(N)CCCC1. The zero-order valence-electron chi connectivity index (χ0n) is 9.15. The van der Waals surface area contributed by atoms with Gasteiger partial charge in [0.2, 0.25) is 0 Å². The van der Waals surface area contributed by atoms with E-state index in [0.29, 0.717) is 13.2 Å². The van der Waals surface area contributed by atoms with Crippen LogP contribution in [0.25, 0.3) is 0 Å². The third-order valence-electron chi connectivity index (χ3n) is 3.03. The summed E-state index contributed by atoms with van der Waals surface area (Å²) < 4.78 is 7.32. The van der Waals surface area contributed by atoms with Crippen LogP contribution in [0, 0.1) is 0 Å². The maximum atomic E-state index is 6.17. The van der Waals surface area contributed by atoms with Gasteiger partial charge >= 0.3 is 0 Å². The highest BCUT2D eigenvalue weighted by atomic mass is 16.5. The summed E-state index contributed by atoms with van der Waals surface area (Å²) in [7, 11) is 1.86. The molecule has 0 aliphatic heterocycles. The van der Waals surface area contributed by atoms with Gasteiger partial charge in [-0.05, 0) is 12.8 Å². The van der Waals surface area contributed by atoms with Gasteiger partial charge in [-0.15, -0.1) is 0 Å². The molecule has 0 atom stereocenters. The van der Waals surface area contributed by atoms with Gasteiger partial charge in [0.05, 0.1) is 6.61 Å². The molecule has 2 N–H and O–H groups in total. The Morgan fingerprint density at radius 3 is 2.87 bits per heavy atom. The summed E-state index contributed by atoms with van der Waals surface area (Å²) in [5.41, 5.74) is 6.07. The maximum absolute atomic E-state index is 6.17. The minimum atomic E-state index is -0.0986. The highest BCUT2D eigenvalue weighted by Crippen LogP contribution is 2.27. The highest BCUT2D eigenvalue weighted by molar-refractivity contribution is 4.89. The quantitative estimate of drug-likeness (QED) is 0.790. The number of aromatic nitrogens is 3. The normalized spacial score (nSPS) is 19.6. The lowest BCUT2D eigenvalue weighted by atomic mass is 10.0. The second-order valence-electron chi connectivity index (χ2n) is 4.36. The lowest BCUT2D eigenvalue weighted by Gasteiger charge is -2.22. The van der Waals surface area contributed by atoms with Gasteiger partial charge in [-0.1, -0.05) is 12.8 Å². The molecule has 84 valence electrons. The molecule has 2 rings (SSSR count). The van der Waals surface area contributed by atoms with Gasteiger partial charge in [0.25, 0.3) is 0 Å². The molecule has 0 radical (unpaired) electrons. The number of aryl methyl sites for hydroxylation is 1. The van der Waals surface area contributed by atoms with E-state index in [2.05, 4.69) is 10.1 Å². The number of hydrogen-bond donors (Lipinski definition) is 1. The standard InChI is InChI=1S/C10H18N4O/c1-14-9(12-8-13-14)6-15-7-10(11)4-2-3-5-10/h8H,2-7,11H2,1H3. The number of ether oxygens (including phenoxy) is 1.